The molecule has 228 valence electrons. The number of benzene rings is 4. The smallest absolute Gasteiger partial charge is 0.744 e. The monoisotopic (exact) mass is 678 g/mol. The minimum absolute atomic E-state index is 0. The molecule has 0 amide bonds. The Balaban J connectivity index is 0.00000288. The molecule has 0 saturated carbocycles. The summed E-state index contributed by atoms with van der Waals surface area (Å²) < 4.78 is 70.3. The Kier molecular flexibility index (Phi) is 11.9. The fourth-order valence-electron chi connectivity index (χ4n) is 5.55. The van der Waals surface area contributed by atoms with Crippen molar-refractivity contribution in [2.75, 3.05) is 10.6 Å². The third-order valence-electron chi connectivity index (χ3n) is 7.72. The van der Waals surface area contributed by atoms with Crippen molar-refractivity contribution in [3.63, 3.8) is 0 Å². The summed E-state index contributed by atoms with van der Waals surface area (Å²) in [5.41, 5.74) is 4.21. The van der Waals surface area contributed by atoms with Crippen LogP contribution >= 0.6 is 0 Å². The van der Waals surface area contributed by atoms with Crippen LogP contribution in [0, 0.1) is 13.8 Å². The zero-order valence-corrected chi connectivity index (χ0v) is 31.9. The molecule has 0 atom stereocenters. The maximum Gasteiger partial charge on any atom is 1.00 e. The number of anilines is 4. The van der Waals surface area contributed by atoms with Crippen molar-refractivity contribution in [1.29, 1.82) is 0 Å². The average Bonchev–Trinajstić information content (AvgIpc) is 2.96. The van der Waals surface area contributed by atoms with Crippen LogP contribution in [0.4, 0.5) is 22.7 Å². The number of aryl methyl sites for hydroxylation is 4. The van der Waals surface area contributed by atoms with Gasteiger partial charge in [0.1, 0.15) is 20.2 Å². The number of hydrogen-bond acceptors (Lipinski definition) is 10. The molecule has 0 aliphatic heterocycles. The fourth-order valence-corrected chi connectivity index (χ4v) is 6.77. The average molecular weight is 679 g/mol. The van der Waals surface area contributed by atoms with E-state index in [-0.39, 0.29) is 91.2 Å². The van der Waals surface area contributed by atoms with E-state index in [2.05, 4.69) is 10.6 Å². The van der Waals surface area contributed by atoms with Crippen LogP contribution in [-0.4, -0.2) is 37.5 Å². The van der Waals surface area contributed by atoms with E-state index in [1.807, 2.05) is 0 Å². The van der Waals surface area contributed by atoms with Gasteiger partial charge in [0.15, 0.2) is 11.6 Å². The Bertz CT molecular complexity index is 1970. The van der Waals surface area contributed by atoms with Crippen LogP contribution in [0.1, 0.15) is 67.9 Å². The van der Waals surface area contributed by atoms with Gasteiger partial charge in [-0.15, -0.1) is 0 Å². The van der Waals surface area contributed by atoms with E-state index in [1.165, 1.54) is 24.3 Å². The number of fused-ring (bicyclic) bond motifs is 2. The van der Waals surface area contributed by atoms with Gasteiger partial charge in [-0.25, -0.2) is 16.8 Å². The van der Waals surface area contributed by atoms with E-state index in [0.29, 0.717) is 57.8 Å². The second kappa shape index (κ2) is 14.4. The quantitative estimate of drug-likeness (QED) is 0.161. The van der Waals surface area contributed by atoms with Crippen molar-refractivity contribution in [2.45, 2.75) is 50.3 Å². The second-order valence-corrected chi connectivity index (χ2v) is 13.3. The van der Waals surface area contributed by atoms with Gasteiger partial charge in [-0.1, -0.05) is 38.1 Å². The van der Waals surface area contributed by atoms with Crippen LogP contribution in [0.5, 0.6) is 0 Å². The predicted octanol–water partition coefficient (Wildman–Crippen LogP) is -0.493. The standard InChI is InChI=1S/C32H30N2O8S2.2Na/c1-5-19-15-21(43(37,38)39)13-17(3)29(19)33-25-11-12-26(28-27(25)31(35)23-9-7-8-10-24(23)32(28)36)34-30-18(4)14-22(44(40,41)42)16-20(30)6-2;;/h7-16,33-34H,5-6H2,1-4H3,(H,37,38,39)(H,40,41,42);;/q;2*+1/p-2. The van der Waals surface area contributed by atoms with E-state index in [1.54, 1.807) is 64.1 Å². The van der Waals surface area contributed by atoms with Crippen molar-refractivity contribution < 1.29 is 94.6 Å². The molecule has 0 saturated heterocycles. The summed E-state index contributed by atoms with van der Waals surface area (Å²) in [6.07, 6.45) is 0.746. The van der Waals surface area contributed by atoms with Crippen molar-refractivity contribution in [1.82, 2.24) is 0 Å². The van der Waals surface area contributed by atoms with Gasteiger partial charge in [-0.2, -0.15) is 0 Å². The van der Waals surface area contributed by atoms with E-state index in [0.717, 1.165) is 0 Å². The molecule has 0 aromatic heterocycles. The summed E-state index contributed by atoms with van der Waals surface area (Å²) in [5, 5.41) is 6.46. The van der Waals surface area contributed by atoms with Crippen LogP contribution < -0.4 is 69.7 Å². The topological polar surface area (TPSA) is 173 Å². The van der Waals surface area contributed by atoms with Crippen LogP contribution in [0.25, 0.3) is 0 Å². The fraction of sp³-hybridized carbons (Fsp3) is 0.188. The summed E-state index contributed by atoms with van der Waals surface area (Å²) >= 11 is 0. The molecule has 0 spiro atoms. The first-order chi connectivity index (χ1) is 20.6. The zero-order chi connectivity index (χ0) is 32.1. The minimum atomic E-state index is -4.70. The second-order valence-electron chi connectivity index (χ2n) is 10.5. The molecule has 0 unspecified atom stereocenters. The summed E-state index contributed by atoms with van der Waals surface area (Å²) in [5.74, 6) is -0.813. The molecule has 5 rings (SSSR count). The number of ketones is 2. The summed E-state index contributed by atoms with van der Waals surface area (Å²) in [7, 11) is -9.41. The van der Waals surface area contributed by atoms with Crippen molar-refractivity contribution in [3.05, 3.63) is 105 Å². The minimum Gasteiger partial charge on any atom is -0.744 e. The molecule has 0 radical (unpaired) electrons. The Morgan fingerprint density at radius 1 is 0.609 bits per heavy atom. The Morgan fingerprint density at radius 3 is 1.26 bits per heavy atom. The van der Waals surface area contributed by atoms with Gasteiger partial charge < -0.3 is 19.7 Å². The van der Waals surface area contributed by atoms with Gasteiger partial charge >= 0.3 is 59.1 Å². The molecule has 10 nitrogen and oxygen atoms in total. The van der Waals surface area contributed by atoms with Crippen LogP contribution in [0.15, 0.2) is 70.5 Å². The molecule has 46 heavy (non-hydrogen) atoms. The maximum atomic E-state index is 14.0. The first kappa shape index (κ1) is 38.1. The third-order valence-corrected chi connectivity index (χ3v) is 9.34. The largest absolute Gasteiger partial charge is 1.00 e. The molecule has 0 heterocycles. The number of nitrogens with one attached hydrogen (secondary N) is 2. The molecule has 4 aromatic rings. The van der Waals surface area contributed by atoms with Gasteiger partial charge in [-0.3, -0.25) is 9.59 Å². The Labute approximate surface area is 312 Å². The Morgan fingerprint density at radius 2 is 0.957 bits per heavy atom. The van der Waals surface area contributed by atoms with E-state index in [9.17, 15) is 35.5 Å². The predicted molar refractivity (Wildman–Crippen MR) is 163 cm³/mol. The van der Waals surface area contributed by atoms with E-state index >= 15 is 0 Å². The first-order valence-electron chi connectivity index (χ1n) is 13.7. The first-order valence-corrected chi connectivity index (χ1v) is 16.6. The number of carbonyl (C=O) groups excluding carboxylic acids is 2. The summed E-state index contributed by atoms with van der Waals surface area (Å²) in [4.78, 5) is 27.3. The van der Waals surface area contributed by atoms with Crippen LogP contribution in [0.2, 0.25) is 0 Å². The van der Waals surface area contributed by atoms with Gasteiger partial charge in [0.2, 0.25) is 0 Å². The molecule has 1 aliphatic carbocycles. The summed E-state index contributed by atoms with van der Waals surface area (Å²) in [6.45, 7) is 6.88. The number of rotatable bonds is 8. The van der Waals surface area contributed by atoms with Gasteiger partial charge in [0.25, 0.3) is 0 Å². The molecule has 14 heteroatoms. The normalized spacial score (nSPS) is 12.4. The number of hydrogen-bond donors (Lipinski definition) is 2. The third kappa shape index (κ3) is 7.21. The number of carbonyl (C=O) groups is 2. The SMILES string of the molecule is CCc1cc(S(=O)(=O)[O-])cc(C)c1Nc1ccc(Nc2c(C)cc(S(=O)(=O)[O-])cc2CC)c2c1C(=O)c1ccccc1C2=O.[Na+].[Na+]. The Hall–Kier alpha value is -2.36. The van der Waals surface area contributed by atoms with E-state index < -0.39 is 31.8 Å². The maximum absolute atomic E-state index is 14.0. The summed E-state index contributed by atoms with van der Waals surface area (Å²) in [6, 6.07) is 14.8. The van der Waals surface area contributed by atoms with Crippen LogP contribution in [0.3, 0.4) is 0 Å². The van der Waals surface area contributed by atoms with Crippen molar-refractivity contribution in [3.8, 4) is 0 Å². The van der Waals surface area contributed by atoms with Crippen LogP contribution in [-0.2, 0) is 33.1 Å². The molecule has 1 aliphatic rings. The van der Waals surface area contributed by atoms with Gasteiger partial charge in [-0.05, 0) is 85.3 Å². The van der Waals surface area contributed by atoms with Crippen molar-refractivity contribution in [2.24, 2.45) is 0 Å². The molecule has 2 N–H and O–H groups in total. The molecule has 0 fully saturated rings. The molecular formula is C32H28N2Na2O8S2. The van der Waals surface area contributed by atoms with Gasteiger partial charge in [0, 0.05) is 22.5 Å². The van der Waals surface area contributed by atoms with Crippen molar-refractivity contribution >= 4 is 54.6 Å². The zero-order valence-electron chi connectivity index (χ0n) is 26.3. The molecule has 4 aromatic carbocycles. The molecule has 0 bridgehead atoms. The molecular weight excluding hydrogens is 650 g/mol. The van der Waals surface area contributed by atoms with E-state index in [4.69, 9.17) is 0 Å². The van der Waals surface area contributed by atoms with Gasteiger partial charge in [0.05, 0.1) is 32.3 Å².